The van der Waals surface area contributed by atoms with Crippen molar-refractivity contribution in [2.45, 2.75) is 39.8 Å². The Morgan fingerprint density at radius 3 is 2.35 bits per heavy atom. The largest absolute Gasteiger partial charge is 0.489 e. The van der Waals surface area contributed by atoms with Gasteiger partial charge in [-0.3, -0.25) is 9.59 Å². The zero-order valence-electron chi connectivity index (χ0n) is 15.6. The molecule has 0 aromatic heterocycles. The van der Waals surface area contributed by atoms with Crippen molar-refractivity contribution >= 4 is 17.5 Å². The molecule has 0 aliphatic rings. The summed E-state index contributed by atoms with van der Waals surface area (Å²) in [7, 11) is 0. The summed E-state index contributed by atoms with van der Waals surface area (Å²) in [6.07, 6.45) is 0.224. The van der Waals surface area contributed by atoms with Gasteiger partial charge in [-0.2, -0.15) is 0 Å². The van der Waals surface area contributed by atoms with Gasteiger partial charge in [0.2, 0.25) is 11.8 Å². The van der Waals surface area contributed by atoms with E-state index in [2.05, 4.69) is 5.32 Å². The normalized spacial score (nSPS) is 10.5. The molecular weight excluding hydrogens is 328 g/mol. The Labute approximate surface area is 155 Å². The van der Waals surface area contributed by atoms with Crippen molar-refractivity contribution in [1.29, 1.82) is 0 Å². The quantitative estimate of drug-likeness (QED) is 0.789. The summed E-state index contributed by atoms with van der Waals surface area (Å²) in [5.41, 5.74) is 1.73. The number of nitrogens with one attached hydrogen (secondary N) is 1. The lowest BCUT2D eigenvalue weighted by molar-refractivity contribution is -0.121. The number of anilines is 1. The number of hydrogen-bond acceptors (Lipinski definition) is 3. The molecule has 0 heterocycles. The third-order valence-electron chi connectivity index (χ3n) is 3.79. The van der Waals surface area contributed by atoms with Gasteiger partial charge in [0.25, 0.3) is 0 Å². The first-order valence-electron chi connectivity index (χ1n) is 8.81. The van der Waals surface area contributed by atoms with Crippen LogP contribution in [0, 0.1) is 0 Å². The summed E-state index contributed by atoms with van der Waals surface area (Å²) in [5.74, 6) is 0.422. The topological polar surface area (TPSA) is 58.6 Å². The van der Waals surface area contributed by atoms with Crippen LogP contribution in [0.5, 0.6) is 5.75 Å². The van der Waals surface area contributed by atoms with Crippen LogP contribution in [0.1, 0.15) is 32.8 Å². The lowest BCUT2D eigenvalue weighted by Gasteiger charge is -2.24. The molecule has 0 saturated carbocycles. The molecule has 0 atom stereocenters. The molecule has 0 saturated heterocycles. The average molecular weight is 354 g/mol. The van der Waals surface area contributed by atoms with E-state index < -0.39 is 0 Å². The summed E-state index contributed by atoms with van der Waals surface area (Å²) in [6.45, 7) is 6.15. The lowest BCUT2D eigenvalue weighted by atomic mass is 10.2. The molecule has 2 amide bonds. The van der Waals surface area contributed by atoms with E-state index in [9.17, 15) is 9.59 Å². The molecule has 0 radical (unpaired) electrons. The second-order valence-corrected chi connectivity index (χ2v) is 6.32. The van der Waals surface area contributed by atoms with Crippen LogP contribution in [0.15, 0.2) is 54.6 Å². The third kappa shape index (κ3) is 5.92. The van der Waals surface area contributed by atoms with Crippen LogP contribution in [-0.2, 0) is 16.1 Å². The fourth-order valence-corrected chi connectivity index (χ4v) is 2.58. The highest BCUT2D eigenvalue weighted by Crippen LogP contribution is 2.29. The number of amides is 2. The second kappa shape index (κ2) is 9.61. The van der Waals surface area contributed by atoms with Crippen molar-refractivity contribution in [3.05, 3.63) is 60.2 Å². The van der Waals surface area contributed by atoms with Gasteiger partial charge in [-0.05, 0) is 31.5 Å². The van der Waals surface area contributed by atoms with E-state index in [0.717, 1.165) is 5.56 Å². The van der Waals surface area contributed by atoms with E-state index >= 15 is 0 Å². The molecule has 2 aromatic carbocycles. The Morgan fingerprint density at radius 1 is 1.04 bits per heavy atom. The van der Waals surface area contributed by atoms with Crippen LogP contribution in [0.3, 0.4) is 0 Å². The van der Waals surface area contributed by atoms with Crippen molar-refractivity contribution < 1.29 is 14.3 Å². The molecule has 2 rings (SSSR count). The van der Waals surface area contributed by atoms with Gasteiger partial charge in [0.1, 0.15) is 5.75 Å². The van der Waals surface area contributed by atoms with Gasteiger partial charge in [0, 0.05) is 26.4 Å². The Morgan fingerprint density at radius 2 is 1.69 bits per heavy atom. The Hall–Kier alpha value is -2.82. The SMILES string of the molecule is CC(=O)N(CCC(=O)NCc1ccccc1)c1ccccc1OC(C)C. The van der Waals surface area contributed by atoms with Gasteiger partial charge in [0.05, 0.1) is 11.8 Å². The molecule has 138 valence electrons. The second-order valence-electron chi connectivity index (χ2n) is 6.32. The Balaban J connectivity index is 1.98. The van der Waals surface area contributed by atoms with Gasteiger partial charge < -0.3 is 15.0 Å². The number of carbonyl (C=O) groups is 2. The van der Waals surface area contributed by atoms with E-state index in [0.29, 0.717) is 24.5 Å². The van der Waals surface area contributed by atoms with Gasteiger partial charge in [-0.1, -0.05) is 42.5 Å². The van der Waals surface area contributed by atoms with Crippen molar-refractivity contribution in [1.82, 2.24) is 5.32 Å². The summed E-state index contributed by atoms with van der Waals surface area (Å²) in [4.78, 5) is 25.9. The molecule has 0 aliphatic carbocycles. The van der Waals surface area contributed by atoms with E-state index in [4.69, 9.17) is 4.74 Å². The van der Waals surface area contributed by atoms with Gasteiger partial charge in [0.15, 0.2) is 0 Å². The molecule has 0 aliphatic heterocycles. The first-order chi connectivity index (χ1) is 12.5. The third-order valence-corrected chi connectivity index (χ3v) is 3.79. The van der Waals surface area contributed by atoms with Crippen LogP contribution < -0.4 is 15.0 Å². The number of hydrogen-bond donors (Lipinski definition) is 1. The van der Waals surface area contributed by atoms with Crippen LogP contribution in [0.2, 0.25) is 0 Å². The maximum atomic E-state index is 12.2. The molecule has 0 bridgehead atoms. The fourth-order valence-electron chi connectivity index (χ4n) is 2.58. The minimum atomic E-state index is -0.124. The van der Waals surface area contributed by atoms with Crippen molar-refractivity contribution in [2.75, 3.05) is 11.4 Å². The minimum Gasteiger partial charge on any atom is -0.489 e. The number of ether oxygens (including phenoxy) is 1. The number of carbonyl (C=O) groups excluding carboxylic acids is 2. The Kier molecular flexibility index (Phi) is 7.21. The van der Waals surface area contributed by atoms with Crippen molar-refractivity contribution in [2.24, 2.45) is 0 Å². The molecule has 1 N–H and O–H groups in total. The predicted octanol–water partition coefficient (Wildman–Crippen LogP) is 3.53. The monoisotopic (exact) mass is 354 g/mol. The molecule has 5 heteroatoms. The zero-order valence-corrected chi connectivity index (χ0v) is 15.6. The highest BCUT2D eigenvalue weighted by Gasteiger charge is 2.18. The number of para-hydroxylation sites is 2. The van der Waals surface area contributed by atoms with E-state index in [1.807, 2.05) is 68.4 Å². The number of nitrogens with zero attached hydrogens (tertiary/aromatic N) is 1. The summed E-state index contributed by atoms with van der Waals surface area (Å²) in [5, 5.41) is 2.88. The van der Waals surface area contributed by atoms with Crippen LogP contribution in [-0.4, -0.2) is 24.5 Å². The van der Waals surface area contributed by atoms with Gasteiger partial charge in [-0.15, -0.1) is 0 Å². The van der Waals surface area contributed by atoms with Crippen molar-refractivity contribution in [3.8, 4) is 5.75 Å². The summed E-state index contributed by atoms with van der Waals surface area (Å²) < 4.78 is 5.79. The van der Waals surface area contributed by atoms with Gasteiger partial charge in [-0.25, -0.2) is 0 Å². The average Bonchev–Trinajstić information content (AvgIpc) is 2.61. The highest BCUT2D eigenvalue weighted by atomic mass is 16.5. The van der Waals surface area contributed by atoms with E-state index in [1.165, 1.54) is 6.92 Å². The molecule has 26 heavy (non-hydrogen) atoms. The molecule has 2 aromatic rings. The first kappa shape index (κ1) is 19.5. The van der Waals surface area contributed by atoms with Crippen LogP contribution in [0.25, 0.3) is 0 Å². The smallest absolute Gasteiger partial charge is 0.223 e. The standard InChI is InChI=1S/C21H26N2O3/c1-16(2)26-20-12-8-7-11-19(20)23(17(3)24)14-13-21(25)22-15-18-9-5-4-6-10-18/h4-12,16H,13-15H2,1-3H3,(H,22,25). The van der Waals surface area contributed by atoms with Crippen molar-refractivity contribution in [3.63, 3.8) is 0 Å². The van der Waals surface area contributed by atoms with E-state index in [1.54, 1.807) is 4.90 Å². The molecule has 0 unspecified atom stereocenters. The minimum absolute atomic E-state index is 0.000806. The maximum absolute atomic E-state index is 12.2. The molecule has 5 nitrogen and oxygen atoms in total. The summed E-state index contributed by atoms with van der Waals surface area (Å²) >= 11 is 0. The molecule has 0 spiro atoms. The predicted molar refractivity (Wildman–Crippen MR) is 103 cm³/mol. The lowest BCUT2D eigenvalue weighted by Crippen LogP contribution is -2.34. The van der Waals surface area contributed by atoms with Crippen LogP contribution >= 0.6 is 0 Å². The first-order valence-corrected chi connectivity index (χ1v) is 8.81. The number of rotatable bonds is 8. The van der Waals surface area contributed by atoms with Crippen LogP contribution in [0.4, 0.5) is 5.69 Å². The molecular formula is C21H26N2O3. The summed E-state index contributed by atoms with van der Waals surface area (Å²) in [6, 6.07) is 17.1. The molecule has 0 fully saturated rings. The fraction of sp³-hybridized carbons (Fsp3) is 0.333. The van der Waals surface area contributed by atoms with E-state index in [-0.39, 0.29) is 24.3 Å². The number of benzene rings is 2. The zero-order chi connectivity index (χ0) is 18.9. The Bertz CT molecular complexity index is 729. The maximum Gasteiger partial charge on any atom is 0.223 e. The van der Waals surface area contributed by atoms with Gasteiger partial charge >= 0.3 is 0 Å². The highest BCUT2D eigenvalue weighted by molar-refractivity contribution is 5.93.